The van der Waals surface area contributed by atoms with Gasteiger partial charge in [0.05, 0.1) is 6.04 Å². The van der Waals surface area contributed by atoms with Crippen LogP contribution < -0.4 is 26.0 Å². The molecule has 2 heterocycles. The Hall–Kier alpha value is -3.89. The maximum absolute atomic E-state index is 13.8. The van der Waals surface area contributed by atoms with Gasteiger partial charge in [-0.15, -0.1) is 0 Å². The van der Waals surface area contributed by atoms with Crippen LogP contribution >= 0.6 is 0 Å². The van der Waals surface area contributed by atoms with Gasteiger partial charge in [-0.05, 0) is 88.2 Å². The summed E-state index contributed by atoms with van der Waals surface area (Å²) >= 11 is 0. The number of hydrogen-bond acceptors (Lipinski definition) is 6. The highest BCUT2D eigenvalue weighted by atomic mass is 16.5. The van der Waals surface area contributed by atoms with E-state index in [4.69, 9.17) is 4.74 Å². The van der Waals surface area contributed by atoms with Gasteiger partial charge in [-0.1, -0.05) is 6.07 Å². The number of hydrogen-bond donors (Lipinski definition) is 4. The highest BCUT2D eigenvalue weighted by Gasteiger charge is 2.48. The average molecular weight is 577 g/mol. The second-order valence-corrected chi connectivity index (χ2v) is 12.6. The van der Waals surface area contributed by atoms with Crippen molar-refractivity contribution in [2.75, 3.05) is 11.9 Å². The van der Waals surface area contributed by atoms with Crippen LogP contribution in [0.5, 0.6) is 5.75 Å². The summed E-state index contributed by atoms with van der Waals surface area (Å²) in [5.74, 6) is 0.747. The van der Waals surface area contributed by atoms with E-state index in [2.05, 4.69) is 26.4 Å². The number of nitrogens with zero attached hydrogens (tertiary/aromatic N) is 2. The lowest BCUT2D eigenvalue weighted by atomic mass is 9.88. The predicted octanol–water partition coefficient (Wildman–Crippen LogP) is 3.10. The Morgan fingerprint density at radius 2 is 1.62 bits per heavy atom. The van der Waals surface area contributed by atoms with E-state index in [9.17, 15) is 19.2 Å². The van der Waals surface area contributed by atoms with Gasteiger partial charge < -0.3 is 26.0 Å². The zero-order chi connectivity index (χ0) is 29.5. The zero-order valence-corrected chi connectivity index (χ0v) is 24.4. The fraction of sp³-hybridized carbons (Fsp3) is 0.581. The summed E-state index contributed by atoms with van der Waals surface area (Å²) in [6, 6.07) is 5.56. The average Bonchev–Trinajstić information content (AvgIpc) is 3.85. The summed E-state index contributed by atoms with van der Waals surface area (Å²) in [5, 5.41) is 16.2. The number of amides is 4. The molecule has 42 heavy (non-hydrogen) atoms. The Bertz CT molecular complexity index is 1360. The van der Waals surface area contributed by atoms with Gasteiger partial charge in [-0.25, -0.2) is 0 Å². The number of aromatic nitrogens is 2. The summed E-state index contributed by atoms with van der Waals surface area (Å²) in [5.41, 5.74) is 1.82. The van der Waals surface area contributed by atoms with Crippen molar-refractivity contribution in [1.29, 1.82) is 0 Å². The molecule has 1 aromatic heterocycles. The van der Waals surface area contributed by atoms with Crippen molar-refractivity contribution in [2.24, 2.45) is 23.7 Å². The molecule has 11 nitrogen and oxygen atoms in total. The van der Waals surface area contributed by atoms with E-state index in [-0.39, 0.29) is 54.2 Å². The van der Waals surface area contributed by atoms with Gasteiger partial charge in [0.2, 0.25) is 17.7 Å². The molecule has 0 unspecified atom stereocenters. The largest absolute Gasteiger partial charge is 0.491 e. The molecule has 224 valence electrons. The first-order valence-corrected chi connectivity index (χ1v) is 15.2. The minimum atomic E-state index is -0.664. The zero-order valence-electron chi connectivity index (χ0n) is 24.4. The van der Waals surface area contributed by atoms with Crippen molar-refractivity contribution in [3.05, 3.63) is 41.7 Å². The van der Waals surface area contributed by atoms with Crippen LogP contribution in [-0.4, -0.2) is 52.1 Å². The summed E-state index contributed by atoms with van der Waals surface area (Å²) < 4.78 is 7.56. The fourth-order valence-corrected chi connectivity index (χ4v) is 6.28. The lowest BCUT2D eigenvalue weighted by molar-refractivity contribution is -0.129. The molecule has 3 saturated carbocycles. The van der Waals surface area contributed by atoms with Crippen LogP contribution in [-0.2, 0) is 14.4 Å². The number of anilines is 1. The van der Waals surface area contributed by atoms with E-state index in [1.165, 1.54) is 6.92 Å². The minimum absolute atomic E-state index is 0.0145. The molecule has 1 aromatic carbocycles. The predicted molar refractivity (Wildman–Crippen MR) is 155 cm³/mol. The van der Waals surface area contributed by atoms with Gasteiger partial charge in [-0.3, -0.25) is 23.9 Å². The molecular formula is C31H40N6O5. The summed E-state index contributed by atoms with van der Waals surface area (Å²) in [6.45, 7) is 5.61. The number of ether oxygens (including phenoxy) is 1. The number of fused-ring (bicyclic) bond motifs is 1. The molecule has 3 aliphatic carbocycles. The van der Waals surface area contributed by atoms with Crippen molar-refractivity contribution in [2.45, 2.75) is 83.5 Å². The third-order valence-corrected chi connectivity index (χ3v) is 8.79. The molecule has 3 atom stereocenters. The van der Waals surface area contributed by atoms with E-state index >= 15 is 0 Å². The van der Waals surface area contributed by atoms with Crippen LogP contribution in [0, 0.1) is 23.7 Å². The summed E-state index contributed by atoms with van der Waals surface area (Å²) in [7, 11) is 0. The van der Waals surface area contributed by atoms with Gasteiger partial charge in [0.15, 0.2) is 0 Å². The molecule has 1 aliphatic heterocycles. The molecule has 3 fully saturated rings. The maximum atomic E-state index is 13.8. The molecular weight excluding hydrogens is 536 g/mol. The molecule has 2 aromatic rings. The number of carbonyl (C=O) groups is 4. The van der Waals surface area contributed by atoms with Crippen LogP contribution in [0.1, 0.15) is 87.4 Å². The quantitative estimate of drug-likeness (QED) is 0.306. The number of rotatable bonds is 12. The molecule has 0 spiro atoms. The van der Waals surface area contributed by atoms with Gasteiger partial charge in [0.1, 0.15) is 30.1 Å². The maximum Gasteiger partial charge on any atom is 0.270 e. The first-order valence-electron chi connectivity index (χ1n) is 15.2. The summed E-state index contributed by atoms with van der Waals surface area (Å²) in [4.78, 5) is 51.8. The monoisotopic (exact) mass is 576 g/mol. The van der Waals surface area contributed by atoms with Gasteiger partial charge in [-0.2, -0.15) is 5.10 Å². The molecule has 4 aliphatic rings. The van der Waals surface area contributed by atoms with Crippen molar-refractivity contribution in [3.63, 3.8) is 0 Å². The smallest absolute Gasteiger partial charge is 0.270 e. The second kappa shape index (κ2) is 11.4. The van der Waals surface area contributed by atoms with Gasteiger partial charge in [0, 0.05) is 36.5 Å². The SMILES string of the molecule is CC(=O)N[C@@H](C(=O)N[C@@H]1COc2cc(NC(=O)[C@@H](NC(=O)c3ccnn3C(C)C)C(C3CC3)C3CC3)ccc21)C1CC1. The molecule has 0 bridgehead atoms. The molecule has 0 radical (unpaired) electrons. The number of nitrogens with one attached hydrogen (secondary N) is 4. The van der Waals surface area contributed by atoms with E-state index in [1.807, 2.05) is 19.9 Å². The van der Waals surface area contributed by atoms with Gasteiger partial charge >= 0.3 is 0 Å². The molecule has 0 saturated heterocycles. The molecule has 4 amide bonds. The Kier molecular flexibility index (Phi) is 7.67. The van der Waals surface area contributed by atoms with E-state index in [0.717, 1.165) is 44.1 Å². The lowest BCUT2D eigenvalue weighted by Gasteiger charge is -2.28. The topological polar surface area (TPSA) is 143 Å². The van der Waals surface area contributed by atoms with Crippen LogP contribution in [0.15, 0.2) is 30.5 Å². The highest BCUT2D eigenvalue weighted by molar-refractivity contribution is 6.01. The lowest BCUT2D eigenvalue weighted by Crippen LogP contribution is -2.50. The molecule has 4 N–H and O–H groups in total. The Labute approximate surface area is 245 Å². The number of carbonyl (C=O) groups excluding carboxylic acids is 4. The van der Waals surface area contributed by atoms with E-state index in [1.54, 1.807) is 29.1 Å². The van der Waals surface area contributed by atoms with E-state index < -0.39 is 12.1 Å². The second-order valence-electron chi connectivity index (χ2n) is 12.6. The van der Waals surface area contributed by atoms with Crippen molar-refractivity contribution in [3.8, 4) is 5.75 Å². The van der Waals surface area contributed by atoms with Crippen LogP contribution in [0.4, 0.5) is 5.69 Å². The van der Waals surface area contributed by atoms with Crippen LogP contribution in [0.2, 0.25) is 0 Å². The molecule has 6 rings (SSSR count). The normalized spacial score (nSPS) is 20.8. The Balaban J connectivity index is 1.15. The Morgan fingerprint density at radius 3 is 2.24 bits per heavy atom. The third-order valence-electron chi connectivity index (χ3n) is 8.79. The third kappa shape index (κ3) is 6.15. The van der Waals surface area contributed by atoms with Crippen molar-refractivity contribution < 1.29 is 23.9 Å². The van der Waals surface area contributed by atoms with Crippen molar-refractivity contribution in [1.82, 2.24) is 25.7 Å². The highest BCUT2D eigenvalue weighted by Crippen LogP contribution is 2.51. The van der Waals surface area contributed by atoms with Crippen LogP contribution in [0.25, 0.3) is 0 Å². The first-order chi connectivity index (χ1) is 20.2. The first kappa shape index (κ1) is 28.2. The Morgan fingerprint density at radius 1 is 0.929 bits per heavy atom. The van der Waals surface area contributed by atoms with Gasteiger partial charge in [0.25, 0.3) is 5.91 Å². The number of benzene rings is 1. The molecule has 11 heteroatoms. The standard InChI is InChI=1S/C31H40N6O5/c1-16(2)37-24(12-13-32-37)29(39)36-28(26(18-4-5-18)19-6-7-19)31(41)34-21-10-11-22-23(15-42-25(22)14-21)35-30(40)27(20-8-9-20)33-17(3)38/h10-14,16,18-20,23,26-28H,4-9,15H2,1-3H3,(H,33,38)(H,34,41)(H,35,40)(H,36,39)/t23-,27-,28+/m1/s1. The minimum Gasteiger partial charge on any atom is -0.491 e. The van der Waals surface area contributed by atoms with Crippen molar-refractivity contribution >= 4 is 29.3 Å². The fourth-order valence-electron chi connectivity index (χ4n) is 6.28. The van der Waals surface area contributed by atoms with E-state index in [0.29, 0.717) is 29.0 Å². The summed E-state index contributed by atoms with van der Waals surface area (Å²) in [6.07, 6.45) is 7.76. The van der Waals surface area contributed by atoms with Crippen LogP contribution in [0.3, 0.4) is 0 Å².